The van der Waals surface area contributed by atoms with Gasteiger partial charge in [0.25, 0.3) is 0 Å². The molecule has 0 bridgehead atoms. The highest BCUT2D eigenvalue weighted by molar-refractivity contribution is 7.88. The first-order valence-electron chi connectivity index (χ1n) is 7.57. The normalized spacial score (nSPS) is 17.1. The molecule has 2 N–H and O–H groups in total. The maximum absolute atomic E-state index is 12.2. The molecule has 4 nitrogen and oxygen atoms in total. The van der Waals surface area contributed by atoms with Gasteiger partial charge in [0.2, 0.25) is 10.0 Å². The van der Waals surface area contributed by atoms with E-state index in [1.807, 2.05) is 31.3 Å². The Morgan fingerprint density at radius 1 is 1.24 bits per heavy atom. The zero-order chi connectivity index (χ0) is 15.5. The largest absolute Gasteiger partial charge is 0.316 e. The second-order valence-corrected chi connectivity index (χ2v) is 8.25. The van der Waals surface area contributed by atoms with Gasteiger partial charge < -0.3 is 5.32 Å². The van der Waals surface area contributed by atoms with Gasteiger partial charge in [-0.25, -0.2) is 13.1 Å². The quantitative estimate of drug-likeness (QED) is 0.774. The Bertz CT molecular complexity index is 578. The van der Waals surface area contributed by atoms with Crippen molar-refractivity contribution in [2.24, 2.45) is 11.3 Å². The number of hydrogen-bond acceptors (Lipinski definition) is 3. The molecule has 2 rings (SSSR count). The highest BCUT2D eigenvalue weighted by Gasteiger charge is 2.45. The fraction of sp³-hybridized carbons (Fsp3) is 0.625. The van der Waals surface area contributed by atoms with Gasteiger partial charge in [0.15, 0.2) is 0 Å². The molecule has 1 saturated carbocycles. The van der Waals surface area contributed by atoms with Gasteiger partial charge in [0, 0.05) is 13.1 Å². The molecule has 1 aliphatic carbocycles. The molecule has 5 heteroatoms. The van der Waals surface area contributed by atoms with Crippen LogP contribution < -0.4 is 10.0 Å². The van der Waals surface area contributed by atoms with Gasteiger partial charge in [-0.2, -0.15) is 0 Å². The lowest BCUT2D eigenvalue weighted by Crippen LogP contribution is -2.33. The molecule has 1 aromatic carbocycles. The third kappa shape index (κ3) is 4.53. The third-order valence-corrected chi connectivity index (χ3v) is 5.79. The molecule has 0 saturated heterocycles. The Hall–Kier alpha value is -0.910. The van der Waals surface area contributed by atoms with E-state index < -0.39 is 10.0 Å². The molecule has 1 fully saturated rings. The van der Waals surface area contributed by atoms with E-state index in [0.29, 0.717) is 12.5 Å². The van der Waals surface area contributed by atoms with Crippen molar-refractivity contribution in [3.05, 3.63) is 35.4 Å². The molecule has 21 heavy (non-hydrogen) atoms. The first-order chi connectivity index (χ1) is 9.87. The third-order valence-electron chi connectivity index (χ3n) is 4.49. The molecule has 0 aromatic heterocycles. The molecule has 1 aromatic rings. The van der Waals surface area contributed by atoms with Gasteiger partial charge >= 0.3 is 0 Å². The molecule has 0 amide bonds. The smallest absolute Gasteiger partial charge is 0.215 e. The molecular formula is C16H26N2O2S. The average molecular weight is 310 g/mol. The Morgan fingerprint density at radius 3 is 2.48 bits per heavy atom. The van der Waals surface area contributed by atoms with Crippen LogP contribution in [0.15, 0.2) is 24.3 Å². The van der Waals surface area contributed by atoms with Gasteiger partial charge in [-0.15, -0.1) is 0 Å². The van der Waals surface area contributed by atoms with Gasteiger partial charge in [0.1, 0.15) is 0 Å². The molecule has 0 spiro atoms. The van der Waals surface area contributed by atoms with E-state index in [-0.39, 0.29) is 11.2 Å². The summed E-state index contributed by atoms with van der Waals surface area (Å²) < 4.78 is 27.3. The summed E-state index contributed by atoms with van der Waals surface area (Å²) in [5, 5.41) is 3.07. The molecule has 0 heterocycles. The molecule has 0 aliphatic heterocycles. The van der Waals surface area contributed by atoms with E-state index in [1.165, 1.54) is 0 Å². The molecule has 0 atom stereocenters. The molecule has 0 unspecified atom stereocenters. The van der Waals surface area contributed by atoms with Gasteiger partial charge in [-0.05, 0) is 42.3 Å². The second-order valence-electron chi connectivity index (χ2n) is 6.45. The number of sulfonamides is 1. The summed E-state index contributed by atoms with van der Waals surface area (Å²) in [6.45, 7) is 5.66. The minimum absolute atomic E-state index is 0.0543. The first kappa shape index (κ1) is 16.5. The predicted octanol–water partition coefficient (Wildman–Crippen LogP) is 2.26. The minimum Gasteiger partial charge on any atom is -0.316 e. The second kappa shape index (κ2) is 6.46. The standard InChI is InChI=1S/C16H26N2O2S/c1-13(2)16(7-8-16)12-18-21(19,20)11-15-6-4-5-14(9-15)10-17-3/h4-6,9,13,17-18H,7-8,10-12H2,1-3H3. The molecule has 1 aliphatic rings. The lowest BCUT2D eigenvalue weighted by Gasteiger charge is -2.20. The lowest BCUT2D eigenvalue weighted by atomic mass is 9.93. The van der Waals surface area contributed by atoms with Crippen LogP contribution in [0.1, 0.15) is 37.8 Å². The molecular weight excluding hydrogens is 284 g/mol. The van der Waals surface area contributed by atoms with Crippen molar-refractivity contribution in [3.63, 3.8) is 0 Å². The highest BCUT2D eigenvalue weighted by atomic mass is 32.2. The summed E-state index contributed by atoms with van der Waals surface area (Å²) in [5.41, 5.74) is 2.14. The summed E-state index contributed by atoms with van der Waals surface area (Å²) in [6.07, 6.45) is 2.26. The van der Waals surface area contributed by atoms with Crippen molar-refractivity contribution in [3.8, 4) is 0 Å². The average Bonchev–Trinajstić information content (AvgIpc) is 3.18. The summed E-state index contributed by atoms with van der Waals surface area (Å²) in [4.78, 5) is 0. The van der Waals surface area contributed by atoms with E-state index in [0.717, 1.165) is 30.5 Å². The van der Waals surface area contributed by atoms with Crippen molar-refractivity contribution in [2.45, 2.75) is 39.0 Å². The van der Waals surface area contributed by atoms with Gasteiger partial charge in [0.05, 0.1) is 5.75 Å². The summed E-state index contributed by atoms with van der Waals surface area (Å²) in [5.74, 6) is 0.581. The van der Waals surface area contributed by atoms with Crippen LogP contribution in [0.25, 0.3) is 0 Å². The maximum atomic E-state index is 12.2. The van der Waals surface area contributed by atoms with Gasteiger partial charge in [-0.1, -0.05) is 38.1 Å². The van der Waals surface area contributed by atoms with Crippen molar-refractivity contribution in [2.75, 3.05) is 13.6 Å². The lowest BCUT2D eigenvalue weighted by molar-refractivity contribution is 0.357. The highest BCUT2D eigenvalue weighted by Crippen LogP contribution is 2.51. The number of nitrogens with one attached hydrogen (secondary N) is 2. The van der Waals surface area contributed by atoms with Crippen LogP contribution in [0.3, 0.4) is 0 Å². The van der Waals surface area contributed by atoms with Crippen LogP contribution in [0.5, 0.6) is 0 Å². The zero-order valence-corrected chi connectivity index (χ0v) is 14.0. The zero-order valence-electron chi connectivity index (χ0n) is 13.1. The fourth-order valence-corrected chi connectivity index (χ4v) is 3.90. The van der Waals surface area contributed by atoms with E-state index in [9.17, 15) is 8.42 Å². The maximum Gasteiger partial charge on any atom is 0.215 e. The van der Waals surface area contributed by atoms with E-state index in [4.69, 9.17) is 0 Å². The minimum atomic E-state index is -3.26. The van der Waals surface area contributed by atoms with Crippen LogP contribution in [-0.2, 0) is 22.3 Å². The van der Waals surface area contributed by atoms with Crippen LogP contribution in [0.2, 0.25) is 0 Å². The van der Waals surface area contributed by atoms with Crippen molar-refractivity contribution in [1.82, 2.24) is 10.0 Å². The monoisotopic (exact) mass is 310 g/mol. The SMILES string of the molecule is CNCc1cccc(CS(=O)(=O)NCC2(C(C)C)CC2)c1. The topological polar surface area (TPSA) is 58.2 Å². The van der Waals surface area contributed by atoms with Crippen molar-refractivity contribution in [1.29, 1.82) is 0 Å². The number of benzene rings is 1. The molecule has 118 valence electrons. The molecule has 0 radical (unpaired) electrons. The van der Waals surface area contributed by atoms with Crippen LogP contribution >= 0.6 is 0 Å². The van der Waals surface area contributed by atoms with Crippen LogP contribution in [0, 0.1) is 11.3 Å². The van der Waals surface area contributed by atoms with E-state index in [2.05, 4.69) is 23.9 Å². The summed E-state index contributed by atoms with van der Waals surface area (Å²) in [6, 6.07) is 7.73. The van der Waals surface area contributed by atoms with Crippen molar-refractivity contribution >= 4 is 10.0 Å². The summed E-state index contributed by atoms with van der Waals surface area (Å²) in [7, 11) is -1.38. The van der Waals surface area contributed by atoms with E-state index in [1.54, 1.807) is 0 Å². The summed E-state index contributed by atoms with van der Waals surface area (Å²) >= 11 is 0. The van der Waals surface area contributed by atoms with Crippen LogP contribution in [0.4, 0.5) is 0 Å². The predicted molar refractivity (Wildman–Crippen MR) is 86.3 cm³/mol. The Kier molecular flexibility index (Phi) is 5.07. The first-order valence-corrected chi connectivity index (χ1v) is 9.22. The van der Waals surface area contributed by atoms with E-state index >= 15 is 0 Å². The number of hydrogen-bond donors (Lipinski definition) is 2. The van der Waals surface area contributed by atoms with Crippen molar-refractivity contribution < 1.29 is 8.42 Å². The number of rotatable bonds is 8. The fourth-order valence-electron chi connectivity index (χ4n) is 2.68. The Morgan fingerprint density at radius 2 is 1.90 bits per heavy atom. The van der Waals surface area contributed by atoms with Crippen LogP contribution in [-0.4, -0.2) is 22.0 Å². The Balaban J connectivity index is 1.96. The van der Waals surface area contributed by atoms with Gasteiger partial charge in [-0.3, -0.25) is 0 Å². The Labute approximate surface area is 128 Å².